The molecule has 5 heteroatoms. The second-order valence-electron chi connectivity index (χ2n) is 4.95. The van der Waals surface area contributed by atoms with Gasteiger partial charge in [-0.3, -0.25) is 0 Å². The van der Waals surface area contributed by atoms with Crippen molar-refractivity contribution in [3.63, 3.8) is 0 Å². The lowest BCUT2D eigenvalue weighted by molar-refractivity contribution is 0.385. The van der Waals surface area contributed by atoms with E-state index in [9.17, 15) is 8.42 Å². The number of piperazine rings is 1. The Morgan fingerprint density at radius 3 is 2.14 bits per heavy atom. The quantitative estimate of drug-likeness (QED) is 0.870. The first kappa shape index (κ1) is 14.1. The van der Waals surface area contributed by atoms with Crippen LogP contribution in [0.3, 0.4) is 0 Å². The van der Waals surface area contributed by atoms with Crippen molar-refractivity contribution in [2.75, 3.05) is 31.1 Å². The van der Waals surface area contributed by atoms with E-state index in [0.717, 1.165) is 5.69 Å². The maximum absolute atomic E-state index is 12.5. The van der Waals surface area contributed by atoms with Crippen molar-refractivity contribution in [2.45, 2.75) is 4.90 Å². The molecule has 1 saturated heterocycles. The molecule has 0 saturated carbocycles. The number of benzene rings is 2. The molecule has 0 N–H and O–H groups in total. The molecule has 3 rings (SSSR count). The van der Waals surface area contributed by atoms with Crippen LogP contribution in [0.15, 0.2) is 59.5 Å². The molecule has 0 spiro atoms. The summed E-state index contributed by atoms with van der Waals surface area (Å²) in [5.41, 5.74) is 1.14. The maximum atomic E-state index is 12.5. The summed E-state index contributed by atoms with van der Waals surface area (Å²) in [6.07, 6.45) is 0. The largest absolute Gasteiger partial charge is 0.369 e. The van der Waals surface area contributed by atoms with Crippen LogP contribution in [-0.2, 0) is 10.0 Å². The van der Waals surface area contributed by atoms with Crippen LogP contribution in [-0.4, -0.2) is 38.9 Å². The first-order valence-corrected chi connectivity index (χ1v) is 8.39. The van der Waals surface area contributed by atoms with E-state index in [-0.39, 0.29) is 4.90 Å². The third-order valence-electron chi connectivity index (χ3n) is 3.66. The molecule has 1 heterocycles. The van der Waals surface area contributed by atoms with Gasteiger partial charge in [-0.05, 0) is 18.2 Å². The number of hydrogen-bond donors (Lipinski definition) is 0. The highest BCUT2D eigenvalue weighted by atomic mass is 32.2. The number of rotatable bonds is 3. The molecule has 0 atom stereocenters. The molecule has 2 aromatic carbocycles. The molecule has 2 aromatic rings. The summed E-state index contributed by atoms with van der Waals surface area (Å²) < 4.78 is 26.6. The minimum Gasteiger partial charge on any atom is -0.369 e. The molecule has 0 amide bonds. The normalized spacial score (nSPS) is 16.9. The Morgan fingerprint density at radius 1 is 0.857 bits per heavy atom. The van der Waals surface area contributed by atoms with Gasteiger partial charge in [0.25, 0.3) is 0 Å². The van der Waals surface area contributed by atoms with E-state index in [1.54, 1.807) is 24.3 Å². The van der Waals surface area contributed by atoms with E-state index >= 15 is 0 Å². The van der Waals surface area contributed by atoms with Crippen LogP contribution in [0.1, 0.15) is 0 Å². The fourth-order valence-corrected chi connectivity index (χ4v) is 3.89. The second-order valence-corrected chi connectivity index (χ2v) is 6.86. The standard InChI is InChI=1S/C16H17N2O2S/c19-21(20,16-9-5-2-6-10-16)18-13-11-17(12-14-18)15-7-3-1-4-8-15/h1-9H,11-14H2. The molecule has 1 aliphatic rings. The lowest BCUT2D eigenvalue weighted by atomic mass is 10.2. The highest BCUT2D eigenvalue weighted by molar-refractivity contribution is 7.89. The van der Waals surface area contributed by atoms with Crippen LogP contribution in [0.5, 0.6) is 0 Å². The Labute approximate surface area is 125 Å². The van der Waals surface area contributed by atoms with Crippen molar-refractivity contribution >= 4 is 15.7 Å². The van der Waals surface area contributed by atoms with E-state index in [4.69, 9.17) is 0 Å². The summed E-state index contributed by atoms with van der Waals surface area (Å²) in [7, 11) is -3.42. The van der Waals surface area contributed by atoms with Gasteiger partial charge in [0, 0.05) is 37.9 Å². The molecule has 21 heavy (non-hydrogen) atoms. The van der Waals surface area contributed by atoms with Crippen LogP contribution < -0.4 is 4.90 Å². The Hall–Kier alpha value is -1.85. The smallest absolute Gasteiger partial charge is 0.243 e. The van der Waals surface area contributed by atoms with Gasteiger partial charge in [-0.1, -0.05) is 36.4 Å². The first-order valence-electron chi connectivity index (χ1n) is 6.95. The van der Waals surface area contributed by atoms with Crippen molar-refractivity contribution in [3.05, 3.63) is 60.7 Å². The summed E-state index contributed by atoms with van der Waals surface area (Å²) in [6.45, 7) is 2.41. The third kappa shape index (κ3) is 2.94. The molecule has 0 aliphatic carbocycles. The summed E-state index contributed by atoms with van der Waals surface area (Å²) in [4.78, 5) is 2.46. The molecule has 1 aliphatic heterocycles. The Morgan fingerprint density at radius 2 is 1.52 bits per heavy atom. The van der Waals surface area contributed by atoms with Gasteiger partial charge in [-0.2, -0.15) is 4.31 Å². The number of sulfonamides is 1. The maximum Gasteiger partial charge on any atom is 0.243 e. The average molecular weight is 301 g/mol. The lowest BCUT2D eigenvalue weighted by Gasteiger charge is -2.35. The zero-order valence-electron chi connectivity index (χ0n) is 11.6. The molecule has 0 aromatic heterocycles. The molecule has 1 fully saturated rings. The van der Waals surface area contributed by atoms with Crippen LogP contribution in [0, 0.1) is 6.07 Å². The van der Waals surface area contributed by atoms with Gasteiger partial charge in [0.2, 0.25) is 10.0 Å². The Kier molecular flexibility index (Phi) is 3.94. The van der Waals surface area contributed by atoms with Gasteiger partial charge in [-0.25, -0.2) is 8.42 Å². The topological polar surface area (TPSA) is 40.6 Å². The lowest BCUT2D eigenvalue weighted by Crippen LogP contribution is -2.48. The fourth-order valence-electron chi connectivity index (χ4n) is 2.50. The van der Waals surface area contributed by atoms with E-state index in [1.807, 2.05) is 18.2 Å². The van der Waals surface area contributed by atoms with Gasteiger partial charge >= 0.3 is 0 Å². The Balaban J connectivity index is 1.72. The zero-order chi connectivity index (χ0) is 14.7. The molecular formula is C16H17N2O2S. The van der Waals surface area contributed by atoms with E-state index < -0.39 is 10.0 Å². The minimum absolute atomic E-state index is 0.248. The molecule has 0 bridgehead atoms. The van der Waals surface area contributed by atoms with E-state index in [2.05, 4.69) is 23.1 Å². The van der Waals surface area contributed by atoms with Crippen molar-refractivity contribution < 1.29 is 8.42 Å². The monoisotopic (exact) mass is 301 g/mol. The fraction of sp³-hybridized carbons (Fsp3) is 0.250. The van der Waals surface area contributed by atoms with Gasteiger partial charge in [-0.15, -0.1) is 0 Å². The number of nitrogens with zero attached hydrogens (tertiary/aromatic N) is 2. The van der Waals surface area contributed by atoms with Crippen LogP contribution in [0.4, 0.5) is 5.69 Å². The van der Waals surface area contributed by atoms with Gasteiger partial charge < -0.3 is 4.90 Å². The van der Waals surface area contributed by atoms with Crippen LogP contribution in [0.25, 0.3) is 0 Å². The second kappa shape index (κ2) is 5.87. The van der Waals surface area contributed by atoms with Gasteiger partial charge in [0.1, 0.15) is 0 Å². The van der Waals surface area contributed by atoms with Crippen molar-refractivity contribution in [1.29, 1.82) is 0 Å². The first-order chi connectivity index (χ1) is 10.2. The summed E-state index contributed by atoms with van der Waals surface area (Å²) in [5.74, 6) is 0. The summed E-state index contributed by atoms with van der Waals surface area (Å²) in [6, 6.07) is 19.6. The van der Waals surface area contributed by atoms with Gasteiger partial charge in [0.05, 0.1) is 4.90 Å². The predicted octanol–water partition coefficient (Wildman–Crippen LogP) is 2.00. The molecule has 109 valence electrons. The van der Waals surface area contributed by atoms with Crippen LogP contribution >= 0.6 is 0 Å². The summed E-state index contributed by atoms with van der Waals surface area (Å²) in [5, 5.41) is 0. The van der Waals surface area contributed by atoms with Crippen molar-refractivity contribution in [3.8, 4) is 0 Å². The highest BCUT2D eigenvalue weighted by Crippen LogP contribution is 2.20. The number of hydrogen-bond acceptors (Lipinski definition) is 3. The van der Waals surface area contributed by atoms with Gasteiger partial charge in [0.15, 0.2) is 0 Å². The molecule has 0 unspecified atom stereocenters. The average Bonchev–Trinajstić information content (AvgIpc) is 2.57. The van der Waals surface area contributed by atoms with E-state index in [0.29, 0.717) is 26.2 Å². The van der Waals surface area contributed by atoms with E-state index in [1.165, 1.54) is 4.31 Å². The Bertz CT molecular complexity index is 679. The molecule has 4 nitrogen and oxygen atoms in total. The zero-order valence-corrected chi connectivity index (χ0v) is 12.5. The molecular weight excluding hydrogens is 284 g/mol. The SMILES string of the molecule is O=S(=O)(c1[c]cccc1)N1CCN(c2ccccc2)CC1. The van der Waals surface area contributed by atoms with Crippen molar-refractivity contribution in [2.24, 2.45) is 0 Å². The third-order valence-corrected chi connectivity index (χ3v) is 5.51. The highest BCUT2D eigenvalue weighted by Gasteiger charge is 2.28. The number of anilines is 1. The number of para-hydroxylation sites is 1. The summed E-state index contributed by atoms with van der Waals surface area (Å²) >= 11 is 0. The molecule has 1 radical (unpaired) electrons. The van der Waals surface area contributed by atoms with Crippen molar-refractivity contribution in [1.82, 2.24) is 4.31 Å². The minimum atomic E-state index is -3.42. The predicted molar refractivity (Wildman–Crippen MR) is 82.7 cm³/mol. The van der Waals surface area contributed by atoms with Crippen LogP contribution in [0.2, 0.25) is 0 Å².